The summed E-state index contributed by atoms with van der Waals surface area (Å²) in [5.74, 6) is 1.57. The SMILES string of the molecule is CC(C)(N)C(=O)CN[C@H]1CC[C@H](Nc2cc(-c3cccc(NCC4(N)CCOCC4)n3)c(Cl)cn2)CC1. The Balaban J connectivity index is 1.33. The molecule has 4 rings (SSSR count). The molecule has 2 aromatic rings. The van der Waals surface area contributed by atoms with Crippen molar-refractivity contribution in [2.45, 2.75) is 75.5 Å². The molecule has 202 valence electrons. The van der Waals surface area contributed by atoms with Crippen molar-refractivity contribution >= 4 is 29.0 Å². The number of hydrogen-bond donors (Lipinski definition) is 5. The first-order chi connectivity index (χ1) is 17.6. The zero-order valence-electron chi connectivity index (χ0n) is 21.9. The Bertz CT molecular complexity index is 1060. The van der Waals surface area contributed by atoms with Crippen molar-refractivity contribution in [3.05, 3.63) is 35.5 Å². The van der Waals surface area contributed by atoms with E-state index in [1.165, 1.54) is 0 Å². The van der Waals surface area contributed by atoms with Crippen molar-refractivity contribution in [1.82, 2.24) is 15.3 Å². The molecule has 2 fully saturated rings. The molecule has 2 aliphatic rings. The van der Waals surface area contributed by atoms with Crippen LogP contribution in [0.25, 0.3) is 11.3 Å². The predicted molar refractivity (Wildman–Crippen MR) is 149 cm³/mol. The maximum atomic E-state index is 12.1. The van der Waals surface area contributed by atoms with Crippen LogP contribution < -0.4 is 27.4 Å². The monoisotopic (exact) mass is 529 g/mol. The van der Waals surface area contributed by atoms with Crippen molar-refractivity contribution in [2.75, 3.05) is 36.9 Å². The van der Waals surface area contributed by atoms with Crippen molar-refractivity contribution in [3.8, 4) is 11.3 Å². The van der Waals surface area contributed by atoms with Crippen LogP contribution in [-0.4, -0.2) is 65.2 Å². The van der Waals surface area contributed by atoms with Crippen LogP contribution >= 0.6 is 11.6 Å². The lowest BCUT2D eigenvalue weighted by atomic mass is 9.90. The Kier molecular flexibility index (Phi) is 9.03. The summed E-state index contributed by atoms with van der Waals surface area (Å²) in [6.07, 6.45) is 7.27. The second-order valence-corrected chi connectivity index (χ2v) is 11.4. The van der Waals surface area contributed by atoms with Crippen LogP contribution in [0.3, 0.4) is 0 Å². The number of hydrogen-bond acceptors (Lipinski definition) is 9. The summed E-state index contributed by atoms with van der Waals surface area (Å²) in [6.45, 7) is 5.83. The fraction of sp³-hybridized carbons (Fsp3) is 0.593. The van der Waals surface area contributed by atoms with E-state index >= 15 is 0 Å². The fourth-order valence-corrected chi connectivity index (χ4v) is 4.93. The molecule has 1 aliphatic heterocycles. The maximum absolute atomic E-state index is 12.1. The second-order valence-electron chi connectivity index (χ2n) is 11.0. The number of carbonyl (C=O) groups excluding carboxylic acids is 1. The third-order valence-corrected chi connectivity index (χ3v) is 7.64. The molecule has 10 heteroatoms. The number of carbonyl (C=O) groups is 1. The number of nitrogens with one attached hydrogen (secondary N) is 3. The summed E-state index contributed by atoms with van der Waals surface area (Å²) in [4.78, 5) is 21.4. The molecule has 1 saturated carbocycles. The third kappa shape index (κ3) is 7.85. The maximum Gasteiger partial charge on any atom is 0.165 e. The first-order valence-electron chi connectivity index (χ1n) is 13.2. The Morgan fingerprint density at radius 3 is 2.57 bits per heavy atom. The smallest absolute Gasteiger partial charge is 0.165 e. The number of anilines is 2. The molecule has 0 amide bonds. The Morgan fingerprint density at radius 2 is 1.86 bits per heavy atom. The van der Waals surface area contributed by atoms with Gasteiger partial charge in [0.2, 0.25) is 0 Å². The van der Waals surface area contributed by atoms with E-state index in [9.17, 15) is 4.79 Å². The van der Waals surface area contributed by atoms with Crippen LogP contribution in [0.4, 0.5) is 11.6 Å². The van der Waals surface area contributed by atoms with Crippen LogP contribution in [0.2, 0.25) is 5.02 Å². The quantitative estimate of drug-likeness (QED) is 0.313. The average molecular weight is 530 g/mol. The van der Waals surface area contributed by atoms with Crippen LogP contribution in [0, 0.1) is 0 Å². The van der Waals surface area contributed by atoms with Gasteiger partial charge in [0.25, 0.3) is 0 Å². The van der Waals surface area contributed by atoms with Gasteiger partial charge in [-0.15, -0.1) is 0 Å². The van der Waals surface area contributed by atoms with Gasteiger partial charge < -0.3 is 32.2 Å². The van der Waals surface area contributed by atoms with Crippen molar-refractivity contribution < 1.29 is 9.53 Å². The highest BCUT2D eigenvalue weighted by Crippen LogP contribution is 2.30. The molecule has 0 radical (unpaired) electrons. The number of nitrogens with zero attached hydrogens (tertiary/aromatic N) is 2. The summed E-state index contributed by atoms with van der Waals surface area (Å²) in [5.41, 5.74) is 12.9. The predicted octanol–water partition coefficient (Wildman–Crippen LogP) is 3.34. The van der Waals surface area contributed by atoms with Crippen molar-refractivity contribution in [3.63, 3.8) is 0 Å². The zero-order chi connectivity index (χ0) is 26.5. The summed E-state index contributed by atoms with van der Waals surface area (Å²) >= 11 is 6.53. The number of pyridine rings is 2. The summed E-state index contributed by atoms with van der Waals surface area (Å²) in [6, 6.07) is 8.45. The van der Waals surface area contributed by atoms with Crippen LogP contribution in [-0.2, 0) is 9.53 Å². The van der Waals surface area contributed by atoms with Gasteiger partial charge >= 0.3 is 0 Å². The van der Waals surface area contributed by atoms with Gasteiger partial charge in [-0.25, -0.2) is 9.97 Å². The first-order valence-corrected chi connectivity index (χ1v) is 13.5. The third-order valence-electron chi connectivity index (χ3n) is 7.34. The van der Waals surface area contributed by atoms with Crippen molar-refractivity contribution in [2.24, 2.45) is 11.5 Å². The molecule has 2 aromatic heterocycles. The summed E-state index contributed by atoms with van der Waals surface area (Å²) in [7, 11) is 0. The lowest BCUT2D eigenvalue weighted by molar-refractivity contribution is -0.122. The van der Waals surface area contributed by atoms with E-state index in [1.807, 2.05) is 24.3 Å². The van der Waals surface area contributed by atoms with Gasteiger partial charge in [-0.1, -0.05) is 17.7 Å². The van der Waals surface area contributed by atoms with E-state index in [-0.39, 0.29) is 11.3 Å². The zero-order valence-corrected chi connectivity index (χ0v) is 22.6. The lowest BCUT2D eigenvalue weighted by Crippen LogP contribution is -2.50. The van der Waals surface area contributed by atoms with E-state index in [1.54, 1.807) is 20.0 Å². The number of Topliss-reactive ketones (excluding diaryl/α,β-unsaturated/α-hetero) is 1. The first kappa shape index (κ1) is 27.7. The van der Waals surface area contributed by atoms with Crippen LogP contribution in [0.5, 0.6) is 0 Å². The molecule has 37 heavy (non-hydrogen) atoms. The number of aromatic nitrogens is 2. The molecule has 0 aromatic carbocycles. The minimum atomic E-state index is -0.800. The number of halogens is 1. The molecular weight excluding hydrogens is 490 g/mol. The molecule has 0 bridgehead atoms. The normalized spacial score (nSPS) is 21.9. The summed E-state index contributed by atoms with van der Waals surface area (Å²) in [5, 5.41) is 10.9. The Morgan fingerprint density at radius 1 is 1.16 bits per heavy atom. The van der Waals surface area contributed by atoms with Gasteiger partial charge in [0, 0.05) is 49.1 Å². The molecule has 7 N–H and O–H groups in total. The second kappa shape index (κ2) is 12.0. The van der Waals surface area contributed by atoms with Gasteiger partial charge in [0.1, 0.15) is 11.6 Å². The number of ether oxygens (including phenoxy) is 1. The lowest BCUT2D eigenvalue weighted by Gasteiger charge is -2.33. The van der Waals surface area contributed by atoms with E-state index in [4.69, 9.17) is 32.8 Å². The minimum absolute atomic E-state index is 0.0321. The molecule has 0 atom stereocenters. The van der Waals surface area contributed by atoms with Gasteiger partial charge in [-0.05, 0) is 70.6 Å². The largest absolute Gasteiger partial charge is 0.381 e. The highest BCUT2D eigenvalue weighted by Gasteiger charge is 2.28. The van der Waals surface area contributed by atoms with E-state index in [0.29, 0.717) is 43.4 Å². The van der Waals surface area contributed by atoms with Crippen LogP contribution in [0.1, 0.15) is 52.4 Å². The van der Waals surface area contributed by atoms with Crippen molar-refractivity contribution in [1.29, 1.82) is 0 Å². The molecule has 3 heterocycles. The van der Waals surface area contributed by atoms with Gasteiger partial charge in [-0.2, -0.15) is 0 Å². The summed E-state index contributed by atoms with van der Waals surface area (Å²) < 4.78 is 5.44. The average Bonchev–Trinajstić information content (AvgIpc) is 2.88. The number of rotatable bonds is 10. The standard InChI is InChI=1S/C27H40ClN7O2/c1-26(2,29)23(36)16-31-18-6-8-19(9-7-18)34-25-14-20(21(28)15-32-25)22-4-3-5-24(35-22)33-17-27(30)10-12-37-13-11-27/h3-5,14-15,18-19,31H,6-13,16-17,29-30H2,1-2H3,(H,32,34)(H,33,35)/t18-,19-. The fourth-order valence-electron chi connectivity index (χ4n) is 4.73. The highest BCUT2D eigenvalue weighted by molar-refractivity contribution is 6.33. The van der Waals surface area contributed by atoms with Crippen LogP contribution in [0.15, 0.2) is 30.5 Å². The highest BCUT2D eigenvalue weighted by atomic mass is 35.5. The van der Waals surface area contributed by atoms with Gasteiger partial charge in [0.05, 0.1) is 22.8 Å². The molecule has 0 unspecified atom stereocenters. The molecule has 1 saturated heterocycles. The molecule has 1 aliphatic carbocycles. The Hall–Kier alpha value is -2.30. The molecular formula is C27H40ClN7O2. The number of nitrogens with two attached hydrogens (primary N) is 2. The van der Waals surface area contributed by atoms with E-state index in [2.05, 4.69) is 20.9 Å². The minimum Gasteiger partial charge on any atom is -0.381 e. The van der Waals surface area contributed by atoms with Gasteiger partial charge in [-0.3, -0.25) is 4.79 Å². The molecule has 0 spiro atoms. The number of ketones is 1. The molecule has 9 nitrogen and oxygen atoms in total. The van der Waals surface area contributed by atoms with Gasteiger partial charge in [0.15, 0.2) is 5.78 Å². The van der Waals surface area contributed by atoms with E-state index in [0.717, 1.165) is 61.4 Å². The van der Waals surface area contributed by atoms with E-state index < -0.39 is 5.54 Å². The Labute approximate surface area is 224 Å². The topological polar surface area (TPSA) is 140 Å².